The maximum absolute atomic E-state index is 11.8. The molecule has 0 aliphatic carbocycles. The van der Waals surface area contributed by atoms with Crippen LogP contribution in [0.1, 0.15) is 20.3 Å². The Labute approximate surface area is 94.0 Å². The van der Waals surface area contributed by atoms with Crippen LogP contribution in [-0.2, 0) is 14.3 Å². The molecule has 1 N–H and O–H groups in total. The average Bonchev–Trinajstić information content (AvgIpc) is 2.77. The summed E-state index contributed by atoms with van der Waals surface area (Å²) in [6.07, 6.45) is 4.51. The van der Waals surface area contributed by atoms with E-state index in [1.165, 1.54) is 0 Å². The molecule has 3 heterocycles. The van der Waals surface area contributed by atoms with E-state index < -0.39 is 5.60 Å². The molecule has 3 aliphatic heterocycles. The second-order valence-corrected chi connectivity index (χ2v) is 5.35. The predicted molar refractivity (Wildman–Crippen MR) is 56.3 cm³/mol. The van der Waals surface area contributed by atoms with Crippen molar-refractivity contribution in [3.8, 4) is 0 Å². The quantitative estimate of drug-likeness (QED) is 0.549. The Bertz CT molecular complexity index is 401. The maximum Gasteiger partial charge on any atom is 0.233 e. The smallest absolute Gasteiger partial charge is 0.233 e. The molecule has 2 amide bonds. The van der Waals surface area contributed by atoms with Gasteiger partial charge >= 0.3 is 0 Å². The van der Waals surface area contributed by atoms with Crippen LogP contribution in [0.3, 0.4) is 0 Å². The van der Waals surface area contributed by atoms with E-state index in [0.29, 0.717) is 5.92 Å². The molecule has 0 saturated carbocycles. The van der Waals surface area contributed by atoms with Crippen LogP contribution in [0.15, 0.2) is 12.2 Å². The number of ether oxygens (including phenoxy) is 1. The van der Waals surface area contributed by atoms with Crippen LogP contribution in [0.4, 0.5) is 0 Å². The minimum Gasteiger partial charge on any atom is -0.362 e. The molecule has 16 heavy (non-hydrogen) atoms. The highest BCUT2D eigenvalue weighted by atomic mass is 16.5. The number of nitrogens with one attached hydrogen (secondary N) is 1. The third-order valence-electron chi connectivity index (χ3n) is 3.72. The van der Waals surface area contributed by atoms with Crippen molar-refractivity contribution in [2.45, 2.75) is 32.0 Å². The van der Waals surface area contributed by atoms with Gasteiger partial charge in [-0.25, -0.2) is 0 Å². The predicted octanol–water partition coefficient (Wildman–Crippen LogP) is 0.629. The molecular formula is C12H15NO3. The Hall–Kier alpha value is -1.16. The van der Waals surface area contributed by atoms with E-state index in [-0.39, 0.29) is 29.8 Å². The first-order valence-electron chi connectivity index (χ1n) is 5.75. The molecule has 4 nitrogen and oxygen atoms in total. The number of fused-ring (bicyclic) bond motifs is 5. The lowest BCUT2D eigenvalue weighted by Crippen LogP contribution is -2.40. The second-order valence-electron chi connectivity index (χ2n) is 5.35. The van der Waals surface area contributed by atoms with Crippen LogP contribution < -0.4 is 5.32 Å². The molecule has 0 radical (unpaired) electrons. The van der Waals surface area contributed by atoms with Gasteiger partial charge in [0.2, 0.25) is 11.8 Å². The van der Waals surface area contributed by atoms with Crippen LogP contribution in [0.5, 0.6) is 0 Å². The largest absolute Gasteiger partial charge is 0.362 e. The first-order chi connectivity index (χ1) is 7.53. The normalized spacial score (nSPS) is 44.3. The summed E-state index contributed by atoms with van der Waals surface area (Å²) in [6.45, 7) is 4.20. The first-order valence-corrected chi connectivity index (χ1v) is 5.75. The van der Waals surface area contributed by atoms with Crippen molar-refractivity contribution in [1.82, 2.24) is 5.32 Å². The Balaban J connectivity index is 2.00. The fourth-order valence-electron chi connectivity index (χ4n) is 3.30. The standard InChI is InChI=1S/C12H15NO3/c1-6(2)5-12-4-3-7(16-12)8-9(12)11(15)13-10(8)14/h3-4,6-9H,5H2,1-2H3,(H,13,14,15). The van der Waals surface area contributed by atoms with Crippen LogP contribution in [0.25, 0.3) is 0 Å². The van der Waals surface area contributed by atoms with Gasteiger partial charge in [0.05, 0.1) is 23.5 Å². The molecule has 3 aliphatic rings. The van der Waals surface area contributed by atoms with Gasteiger partial charge in [-0.1, -0.05) is 26.0 Å². The monoisotopic (exact) mass is 221 g/mol. The van der Waals surface area contributed by atoms with E-state index in [4.69, 9.17) is 4.74 Å². The lowest BCUT2D eigenvalue weighted by molar-refractivity contribution is -0.130. The number of carbonyl (C=O) groups excluding carboxylic acids is 2. The summed E-state index contributed by atoms with van der Waals surface area (Å²) in [7, 11) is 0. The average molecular weight is 221 g/mol. The van der Waals surface area contributed by atoms with Crippen molar-refractivity contribution in [2.24, 2.45) is 17.8 Å². The van der Waals surface area contributed by atoms with Crippen molar-refractivity contribution in [3.63, 3.8) is 0 Å². The fraction of sp³-hybridized carbons (Fsp3) is 0.667. The van der Waals surface area contributed by atoms with Gasteiger partial charge in [0.15, 0.2) is 0 Å². The Morgan fingerprint density at radius 2 is 2.19 bits per heavy atom. The number of amides is 2. The lowest BCUT2D eigenvalue weighted by atomic mass is 9.73. The summed E-state index contributed by atoms with van der Waals surface area (Å²) >= 11 is 0. The first kappa shape index (κ1) is 10.0. The van der Waals surface area contributed by atoms with E-state index in [2.05, 4.69) is 19.2 Å². The number of hydrogen-bond acceptors (Lipinski definition) is 3. The molecule has 3 rings (SSSR count). The molecule has 2 bridgehead atoms. The van der Waals surface area contributed by atoms with Crippen LogP contribution >= 0.6 is 0 Å². The Kier molecular flexibility index (Phi) is 1.84. The molecule has 0 aromatic rings. The number of carbonyl (C=O) groups is 2. The van der Waals surface area contributed by atoms with E-state index in [1.807, 2.05) is 12.2 Å². The summed E-state index contributed by atoms with van der Waals surface area (Å²) in [5, 5.41) is 2.42. The minimum absolute atomic E-state index is 0.164. The molecule has 2 saturated heterocycles. The van der Waals surface area contributed by atoms with Gasteiger partial charge in [0, 0.05) is 0 Å². The summed E-state index contributed by atoms with van der Waals surface area (Å²) in [4.78, 5) is 23.4. The fourth-order valence-corrected chi connectivity index (χ4v) is 3.30. The van der Waals surface area contributed by atoms with Crippen molar-refractivity contribution in [3.05, 3.63) is 12.2 Å². The van der Waals surface area contributed by atoms with Crippen molar-refractivity contribution in [1.29, 1.82) is 0 Å². The van der Waals surface area contributed by atoms with Crippen molar-refractivity contribution < 1.29 is 14.3 Å². The summed E-state index contributed by atoms with van der Waals surface area (Å²) in [5.41, 5.74) is -0.528. The second kappa shape index (κ2) is 2.94. The number of imide groups is 1. The molecule has 0 aromatic carbocycles. The number of rotatable bonds is 2. The molecule has 86 valence electrons. The Morgan fingerprint density at radius 3 is 2.88 bits per heavy atom. The lowest BCUT2D eigenvalue weighted by Gasteiger charge is -2.29. The molecule has 4 atom stereocenters. The van der Waals surface area contributed by atoms with Crippen molar-refractivity contribution >= 4 is 11.8 Å². The van der Waals surface area contributed by atoms with Gasteiger partial charge in [-0.15, -0.1) is 0 Å². The van der Waals surface area contributed by atoms with Crippen molar-refractivity contribution in [2.75, 3.05) is 0 Å². The van der Waals surface area contributed by atoms with Gasteiger partial charge in [-0.3, -0.25) is 14.9 Å². The van der Waals surface area contributed by atoms with Crippen LogP contribution in [0.2, 0.25) is 0 Å². The van der Waals surface area contributed by atoms with Gasteiger partial charge < -0.3 is 4.74 Å². The van der Waals surface area contributed by atoms with Gasteiger partial charge in [-0.05, 0) is 12.3 Å². The van der Waals surface area contributed by atoms with Gasteiger partial charge in [0.25, 0.3) is 0 Å². The number of hydrogen-bond donors (Lipinski definition) is 1. The molecule has 0 aromatic heterocycles. The minimum atomic E-state index is -0.528. The SMILES string of the molecule is CC(C)CC12C=CC(O1)C1C(=O)NC(=O)C12. The molecular weight excluding hydrogens is 206 g/mol. The van der Waals surface area contributed by atoms with Crippen LogP contribution in [0, 0.1) is 17.8 Å². The summed E-state index contributed by atoms with van der Waals surface area (Å²) in [5.74, 6) is -0.503. The zero-order chi connectivity index (χ0) is 11.5. The molecule has 2 fully saturated rings. The third kappa shape index (κ3) is 1.08. The molecule has 4 heteroatoms. The highest BCUT2D eigenvalue weighted by molar-refractivity contribution is 6.07. The third-order valence-corrected chi connectivity index (χ3v) is 3.72. The highest BCUT2D eigenvalue weighted by Crippen LogP contribution is 2.52. The summed E-state index contributed by atoms with van der Waals surface area (Å²) in [6, 6.07) is 0. The van der Waals surface area contributed by atoms with Gasteiger partial charge in [-0.2, -0.15) is 0 Å². The van der Waals surface area contributed by atoms with E-state index in [1.54, 1.807) is 0 Å². The molecule has 0 spiro atoms. The zero-order valence-corrected chi connectivity index (χ0v) is 9.40. The summed E-state index contributed by atoms with van der Waals surface area (Å²) < 4.78 is 5.89. The highest BCUT2D eigenvalue weighted by Gasteiger charge is 2.64. The van der Waals surface area contributed by atoms with E-state index in [9.17, 15) is 9.59 Å². The zero-order valence-electron chi connectivity index (χ0n) is 9.40. The molecule has 4 unspecified atom stereocenters. The van der Waals surface area contributed by atoms with Gasteiger partial charge in [0.1, 0.15) is 0 Å². The Morgan fingerprint density at radius 1 is 1.44 bits per heavy atom. The maximum atomic E-state index is 11.8. The topological polar surface area (TPSA) is 55.4 Å². The van der Waals surface area contributed by atoms with E-state index in [0.717, 1.165) is 6.42 Å². The van der Waals surface area contributed by atoms with E-state index >= 15 is 0 Å². The van der Waals surface area contributed by atoms with Crippen LogP contribution in [-0.4, -0.2) is 23.5 Å².